The highest BCUT2D eigenvalue weighted by Gasteiger charge is 2.43. The Labute approximate surface area is 121 Å². The van der Waals surface area contributed by atoms with Crippen LogP contribution in [0.5, 0.6) is 0 Å². The lowest BCUT2D eigenvalue weighted by Crippen LogP contribution is -2.44. The molecule has 0 atom stereocenters. The van der Waals surface area contributed by atoms with E-state index in [-0.39, 0.29) is 5.78 Å². The molecule has 1 amide bonds. The molecule has 20 heavy (non-hydrogen) atoms. The maximum atomic E-state index is 12.8. The van der Waals surface area contributed by atoms with Crippen LogP contribution in [0.15, 0.2) is 30.3 Å². The molecule has 1 rings (SSSR count). The van der Waals surface area contributed by atoms with Gasteiger partial charge in [-0.1, -0.05) is 69.9 Å². The molecule has 0 heterocycles. The van der Waals surface area contributed by atoms with Gasteiger partial charge in [0, 0.05) is 5.56 Å². The minimum Gasteiger partial charge on any atom is -0.369 e. The van der Waals surface area contributed by atoms with Crippen molar-refractivity contribution in [3.63, 3.8) is 0 Å². The molecule has 0 aliphatic carbocycles. The van der Waals surface area contributed by atoms with Crippen molar-refractivity contribution in [3.8, 4) is 0 Å². The number of hydrogen-bond acceptors (Lipinski definition) is 2. The highest BCUT2D eigenvalue weighted by molar-refractivity contribution is 6.13. The summed E-state index contributed by atoms with van der Waals surface area (Å²) >= 11 is 0. The molecule has 1 aromatic rings. The molecule has 0 saturated carbocycles. The molecule has 0 fully saturated rings. The van der Waals surface area contributed by atoms with Gasteiger partial charge in [-0.2, -0.15) is 0 Å². The van der Waals surface area contributed by atoms with Crippen molar-refractivity contribution in [2.24, 2.45) is 11.1 Å². The van der Waals surface area contributed by atoms with Gasteiger partial charge < -0.3 is 5.73 Å². The summed E-state index contributed by atoms with van der Waals surface area (Å²) in [6.45, 7) is 4.11. The third kappa shape index (κ3) is 3.69. The van der Waals surface area contributed by atoms with Crippen LogP contribution in [0.3, 0.4) is 0 Å². The molecule has 110 valence electrons. The van der Waals surface area contributed by atoms with E-state index in [4.69, 9.17) is 5.73 Å². The van der Waals surface area contributed by atoms with E-state index in [1.54, 1.807) is 12.1 Å². The lowest BCUT2D eigenvalue weighted by atomic mass is 9.72. The summed E-state index contributed by atoms with van der Waals surface area (Å²) in [5.74, 6) is -0.597. The van der Waals surface area contributed by atoms with Gasteiger partial charge >= 0.3 is 0 Å². The van der Waals surface area contributed by atoms with Gasteiger partial charge in [0.2, 0.25) is 5.91 Å². The van der Waals surface area contributed by atoms with E-state index in [1.807, 2.05) is 18.2 Å². The summed E-state index contributed by atoms with van der Waals surface area (Å²) in [7, 11) is 0. The number of benzene rings is 1. The Morgan fingerprint density at radius 1 is 1.00 bits per heavy atom. The summed E-state index contributed by atoms with van der Waals surface area (Å²) in [6.07, 6.45) is 4.67. The first-order valence-electron chi connectivity index (χ1n) is 7.48. The number of primary amides is 1. The van der Waals surface area contributed by atoms with Crippen molar-refractivity contribution in [1.82, 2.24) is 0 Å². The minimum absolute atomic E-state index is 0.118. The molecular formula is C17H25NO2. The van der Waals surface area contributed by atoms with Gasteiger partial charge in [0.15, 0.2) is 5.78 Å². The van der Waals surface area contributed by atoms with Crippen LogP contribution in [-0.2, 0) is 4.79 Å². The zero-order valence-electron chi connectivity index (χ0n) is 12.5. The number of nitrogens with two attached hydrogens (primary N) is 1. The van der Waals surface area contributed by atoms with Gasteiger partial charge in [-0.15, -0.1) is 0 Å². The van der Waals surface area contributed by atoms with E-state index >= 15 is 0 Å². The van der Waals surface area contributed by atoms with Crippen LogP contribution in [0.2, 0.25) is 0 Å². The molecule has 0 aliphatic heterocycles. The average Bonchev–Trinajstić information content (AvgIpc) is 2.48. The van der Waals surface area contributed by atoms with Crippen molar-refractivity contribution < 1.29 is 9.59 Å². The predicted octanol–water partition coefficient (Wildman–Crippen LogP) is 3.72. The van der Waals surface area contributed by atoms with Crippen molar-refractivity contribution in [2.75, 3.05) is 0 Å². The summed E-state index contributed by atoms with van der Waals surface area (Å²) < 4.78 is 0. The van der Waals surface area contributed by atoms with Gasteiger partial charge in [0.25, 0.3) is 0 Å². The second-order valence-electron chi connectivity index (χ2n) is 5.35. The van der Waals surface area contributed by atoms with Crippen molar-refractivity contribution in [1.29, 1.82) is 0 Å². The monoisotopic (exact) mass is 275 g/mol. The Hall–Kier alpha value is -1.64. The van der Waals surface area contributed by atoms with Crippen molar-refractivity contribution in [3.05, 3.63) is 35.9 Å². The fraction of sp³-hybridized carbons (Fsp3) is 0.529. The normalized spacial score (nSPS) is 11.3. The van der Waals surface area contributed by atoms with E-state index in [0.717, 1.165) is 25.7 Å². The molecule has 0 saturated heterocycles. The third-order valence-electron chi connectivity index (χ3n) is 3.86. The lowest BCUT2D eigenvalue weighted by molar-refractivity contribution is -0.126. The van der Waals surface area contributed by atoms with Crippen molar-refractivity contribution in [2.45, 2.75) is 52.4 Å². The van der Waals surface area contributed by atoms with Crippen LogP contribution in [0.4, 0.5) is 0 Å². The first-order chi connectivity index (χ1) is 9.58. The second kappa shape index (κ2) is 7.83. The number of ketones is 1. The molecule has 3 nitrogen and oxygen atoms in total. The molecule has 0 aromatic heterocycles. The van der Waals surface area contributed by atoms with Gasteiger partial charge in [-0.05, 0) is 12.8 Å². The van der Waals surface area contributed by atoms with Crippen LogP contribution in [0, 0.1) is 5.41 Å². The van der Waals surface area contributed by atoms with Gasteiger partial charge in [-0.25, -0.2) is 0 Å². The average molecular weight is 275 g/mol. The SMILES string of the molecule is CCCCC(CCCC)(C(N)=O)C(=O)c1ccccc1. The third-order valence-corrected chi connectivity index (χ3v) is 3.86. The largest absolute Gasteiger partial charge is 0.369 e. The molecular weight excluding hydrogens is 250 g/mol. The fourth-order valence-corrected chi connectivity index (χ4v) is 2.53. The molecule has 2 N–H and O–H groups in total. The Balaban J connectivity index is 3.12. The molecule has 1 aromatic carbocycles. The highest BCUT2D eigenvalue weighted by atomic mass is 16.2. The molecule has 0 radical (unpaired) electrons. The standard InChI is InChI=1S/C17H25NO2/c1-3-5-12-17(16(18)20,13-6-4-2)15(19)14-10-8-7-9-11-14/h7-11H,3-6,12-13H2,1-2H3,(H2,18,20). The summed E-state index contributed by atoms with van der Waals surface area (Å²) in [4.78, 5) is 24.9. The minimum atomic E-state index is -1.03. The Morgan fingerprint density at radius 3 is 1.90 bits per heavy atom. The molecule has 0 bridgehead atoms. The Morgan fingerprint density at radius 2 is 1.50 bits per heavy atom. The number of rotatable bonds is 9. The van der Waals surface area contributed by atoms with E-state index in [2.05, 4.69) is 13.8 Å². The molecule has 3 heteroatoms. The predicted molar refractivity (Wildman–Crippen MR) is 81.4 cm³/mol. The molecule has 0 aliphatic rings. The second-order valence-corrected chi connectivity index (χ2v) is 5.35. The first kappa shape index (κ1) is 16.4. The number of carbonyl (C=O) groups is 2. The quantitative estimate of drug-likeness (QED) is 0.551. The van der Waals surface area contributed by atoms with Gasteiger partial charge in [0.1, 0.15) is 5.41 Å². The fourth-order valence-electron chi connectivity index (χ4n) is 2.53. The van der Waals surface area contributed by atoms with Crippen LogP contribution in [-0.4, -0.2) is 11.7 Å². The number of carbonyl (C=O) groups excluding carboxylic acids is 2. The Bertz CT molecular complexity index is 432. The molecule has 0 spiro atoms. The number of amides is 1. The zero-order valence-corrected chi connectivity index (χ0v) is 12.5. The van der Waals surface area contributed by atoms with Crippen LogP contribution in [0.1, 0.15) is 62.7 Å². The number of unbranched alkanes of at least 4 members (excludes halogenated alkanes) is 2. The maximum absolute atomic E-state index is 12.8. The van der Waals surface area contributed by atoms with E-state index < -0.39 is 11.3 Å². The maximum Gasteiger partial charge on any atom is 0.231 e. The van der Waals surface area contributed by atoms with Crippen molar-refractivity contribution >= 4 is 11.7 Å². The lowest BCUT2D eigenvalue weighted by Gasteiger charge is -2.29. The topological polar surface area (TPSA) is 60.2 Å². The number of Topliss-reactive ketones (excluding diaryl/α,β-unsaturated/α-hetero) is 1. The molecule has 0 unspecified atom stereocenters. The smallest absolute Gasteiger partial charge is 0.231 e. The first-order valence-corrected chi connectivity index (χ1v) is 7.48. The van der Waals surface area contributed by atoms with Crippen LogP contribution < -0.4 is 5.73 Å². The summed E-state index contributed by atoms with van der Waals surface area (Å²) in [5.41, 5.74) is 5.18. The van der Waals surface area contributed by atoms with E-state index in [9.17, 15) is 9.59 Å². The van der Waals surface area contributed by atoms with Crippen LogP contribution >= 0.6 is 0 Å². The highest BCUT2D eigenvalue weighted by Crippen LogP contribution is 2.34. The van der Waals surface area contributed by atoms with Gasteiger partial charge in [0.05, 0.1) is 0 Å². The summed E-state index contributed by atoms with van der Waals surface area (Å²) in [5, 5.41) is 0. The van der Waals surface area contributed by atoms with E-state index in [0.29, 0.717) is 18.4 Å². The van der Waals surface area contributed by atoms with Crippen LogP contribution in [0.25, 0.3) is 0 Å². The van der Waals surface area contributed by atoms with E-state index in [1.165, 1.54) is 0 Å². The zero-order chi connectivity index (χ0) is 15.0. The van der Waals surface area contributed by atoms with Gasteiger partial charge in [-0.3, -0.25) is 9.59 Å². The number of hydrogen-bond donors (Lipinski definition) is 1. The summed E-state index contributed by atoms with van der Waals surface area (Å²) in [6, 6.07) is 9.02. The Kier molecular flexibility index (Phi) is 6.43.